The first-order valence-corrected chi connectivity index (χ1v) is 12.0. The van der Waals surface area contributed by atoms with E-state index in [0.717, 1.165) is 16.7 Å². The van der Waals surface area contributed by atoms with Crippen molar-refractivity contribution in [2.75, 3.05) is 7.11 Å². The van der Waals surface area contributed by atoms with Gasteiger partial charge in [-0.05, 0) is 16.7 Å². The van der Waals surface area contributed by atoms with Gasteiger partial charge in [-0.15, -0.1) is 12.6 Å². The van der Waals surface area contributed by atoms with Crippen LogP contribution in [0.15, 0.2) is 91.0 Å². The van der Waals surface area contributed by atoms with Gasteiger partial charge in [0.2, 0.25) is 5.12 Å². The molecule has 6 nitrogen and oxygen atoms in total. The fraction of sp³-hybridized carbons (Fsp3) is 0.321. The zero-order valence-corrected chi connectivity index (χ0v) is 20.5. The van der Waals surface area contributed by atoms with E-state index in [-0.39, 0.29) is 6.61 Å². The molecule has 1 aliphatic rings. The number of ether oxygens (including phenoxy) is 5. The molecule has 3 aromatic carbocycles. The van der Waals surface area contributed by atoms with Gasteiger partial charge in [0.25, 0.3) is 0 Å². The van der Waals surface area contributed by atoms with Crippen LogP contribution in [0.5, 0.6) is 0 Å². The summed E-state index contributed by atoms with van der Waals surface area (Å²) in [6, 6.07) is 29.4. The lowest BCUT2D eigenvalue weighted by Crippen LogP contribution is -2.62. The van der Waals surface area contributed by atoms with Gasteiger partial charge in [-0.2, -0.15) is 0 Å². The number of rotatable bonds is 11. The molecule has 0 aliphatic carbocycles. The van der Waals surface area contributed by atoms with Crippen molar-refractivity contribution in [1.82, 2.24) is 0 Å². The molecule has 0 aromatic heterocycles. The number of carbonyl (C=O) groups excluding carboxylic acids is 1. The fourth-order valence-corrected chi connectivity index (χ4v) is 4.26. The summed E-state index contributed by atoms with van der Waals surface area (Å²) < 4.78 is 30.5. The number of thiol groups is 1. The third-order valence-electron chi connectivity index (χ3n) is 5.83. The van der Waals surface area contributed by atoms with Crippen LogP contribution < -0.4 is 0 Å². The van der Waals surface area contributed by atoms with Crippen LogP contribution in [0.4, 0.5) is 0 Å². The van der Waals surface area contributed by atoms with Crippen molar-refractivity contribution in [1.29, 1.82) is 0 Å². The van der Waals surface area contributed by atoms with E-state index in [2.05, 4.69) is 12.6 Å². The van der Waals surface area contributed by atoms with Gasteiger partial charge in [0.1, 0.15) is 18.3 Å². The van der Waals surface area contributed by atoms with Gasteiger partial charge in [0.05, 0.1) is 19.8 Å². The predicted molar refractivity (Wildman–Crippen MR) is 135 cm³/mol. The smallest absolute Gasteiger partial charge is 0.217 e. The van der Waals surface area contributed by atoms with Gasteiger partial charge in [-0.25, -0.2) is 0 Å². The minimum Gasteiger partial charge on any atom is -0.368 e. The first-order valence-electron chi connectivity index (χ1n) is 11.5. The molecular weight excluding hydrogens is 464 g/mol. The van der Waals surface area contributed by atoms with E-state index in [1.54, 1.807) is 0 Å². The van der Waals surface area contributed by atoms with Gasteiger partial charge in [0, 0.05) is 7.11 Å². The first kappa shape index (κ1) is 25.6. The minimum absolute atomic E-state index is 0.278. The highest BCUT2D eigenvalue weighted by atomic mass is 32.1. The summed E-state index contributed by atoms with van der Waals surface area (Å²) in [5.41, 5.74) is 2.96. The van der Waals surface area contributed by atoms with Crippen molar-refractivity contribution < 1.29 is 28.5 Å². The highest BCUT2D eigenvalue weighted by Gasteiger charge is 2.50. The number of carbonyl (C=O) groups is 1. The van der Waals surface area contributed by atoms with Gasteiger partial charge < -0.3 is 23.7 Å². The van der Waals surface area contributed by atoms with Crippen LogP contribution in [0.25, 0.3) is 0 Å². The van der Waals surface area contributed by atoms with Crippen LogP contribution in [0.2, 0.25) is 0 Å². The number of hydrogen-bond acceptors (Lipinski definition) is 6. The highest BCUT2D eigenvalue weighted by Crippen LogP contribution is 2.31. The minimum atomic E-state index is -0.982. The number of hydrogen-bond donors (Lipinski definition) is 1. The van der Waals surface area contributed by atoms with Crippen molar-refractivity contribution in [2.45, 2.75) is 50.5 Å². The van der Waals surface area contributed by atoms with E-state index in [0.29, 0.717) is 13.2 Å². The molecular formula is C28H30O6S. The van der Waals surface area contributed by atoms with Crippen molar-refractivity contribution >= 4 is 17.7 Å². The van der Waals surface area contributed by atoms with Crippen LogP contribution in [-0.4, -0.2) is 42.9 Å². The molecule has 0 amide bonds. The van der Waals surface area contributed by atoms with E-state index in [4.69, 9.17) is 23.7 Å². The third kappa shape index (κ3) is 7.01. The molecule has 0 unspecified atom stereocenters. The van der Waals surface area contributed by atoms with Crippen LogP contribution in [0, 0.1) is 0 Å². The molecule has 1 fully saturated rings. The SMILES string of the molecule is CO[C@H]1O[C@H](C(=O)S)[C@@H](OCc2ccccc2)[C@H](OCc2ccccc2)[C@H]1OCc1ccccc1. The topological polar surface area (TPSA) is 63.2 Å². The second kappa shape index (κ2) is 13.0. The maximum absolute atomic E-state index is 12.5. The normalized spacial score (nSPS) is 24.2. The standard InChI is InChI=1S/C28H30O6S/c1-30-28-26(33-19-22-15-9-4-10-16-22)24(32-18-21-13-7-3-8-14-21)23(25(34-28)27(29)35)31-17-20-11-5-2-6-12-20/h2-16,23-26,28H,17-19H2,1H3,(H,29,35)/t23-,24-,25-,26+,28-/m0/s1. The van der Waals surface area contributed by atoms with Crippen LogP contribution in [0.3, 0.4) is 0 Å². The number of methoxy groups -OCH3 is 1. The molecule has 1 aliphatic heterocycles. The summed E-state index contributed by atoms with van der Waals surface area (Å²) >= 11 is 4.08. The second-order valence-corrected chi connectivity index (χ2v) is 8.72. The van der Waals surface area contributed by atoms with E-state index >= 15 is 0 Å². The predicted octanol–water partition coefficient (Wildman–Crippen LogP) is 4.57. The van der Waals surface area contributed by atoms with Gasteiger partial charge in [-0.3, -0.25) is 4.79 Å². The third-order valence-corrected chi connectivity index (χ3v) is 6.08. The molecule has 1 heterocycles. The highest BCUT2D eigenvalue weighted by molar-refractivity contribution is 7.96. The Morgan fingerprint density at radius 3 is 1.49 bits per heavy atom. The Hall–Kier alpha value is -2.52. The zero-order valence-electron chi connectivity index (χ0n) is 19.6. The maximum Gasteiger partial charge on any atom is 0.217 e. The van der Waals surface area contributed by atoms with Crippen molar-refractivity contribution in [3.8, 4) is 0 Å². The lowest BCUT2D eigenvalue weighted by atomic mass is 9.98. The summed E-state index contributed by atoms with van der Waals surface area (Å²) in [6.45, 7) is 0.914. The molecule has 0 N–H and O–H groups in total. The molecule has 1 saturated heterocycles. The van der Waals surface area contributed by atoms with Crippen molar-refractivity contribution in [2.24, 2.45) is 0 Å². The van der Waals surface area contributed by atoms with E-state index < -0.39 is 35.8 Å². The van der Waals surface area contributed by atoms with Gasteiger partial charge in [-0.1, -0.05) is 91.0 Å². The summed E-state index contributed by atoms with van der Waals surface area (Å²) in [4.78, 5) is 12.5. The van der Waals surface area contributed by atoms with Gasteiger partial charge >= 0.3 is 0 Å². The molecule has 4 rings (SSSR count). The number of benzene rings is 3. The molecule has 7 heteroatoms. The quantitative estimate of drug-likeness (QED) is 0.394. The summed E-state index contributed by atoms with van der Waals surface area (Å²) in [6.07, 6.45) is -3.87. The molecule has 35 heavy (non-hydrogen) atoms. The molecule has 3 aromatic rings. The summed E-state index contributed by atoms with van der Waals surface area (Å²) in [7, 11) is 1.52. The molecule has 0 spiro atoms. The summed E-state index contributed by atoms with van der Waals surface area (Å²) in [5, 5.41) is -0.458. The zero-order chi connectivity index (χ0) is 24.5. The maximum atomic E-state index is 12.5. The van der Waals surface area contributed by atoms with Gasteiger partial charge in [0.15, 0.2) is 12.4 Å². The lowest BCUT2D eigenvalue weighted by molar-refractivity contribution is -0.309. The van der Waals surface area contributed by atoms with Crippen molar-refractivity contribution in [3.05, 3.63) is 108 Å². The molecule has 0 saturated carbocycles. The summed E-state index contributed by atoms with van der Waals surface area (Å²) in [5.74, 6) is 0. The van der Waals surface area contributed by atoms with E-state index in [9.17, 15) is 4.79 Å². The Balaban J connectivity index is 1.60. The Morgan fingerprint density at radius 1 is 0.686 bits per heavy atom. The van der Waals surface area contributed by atoms with Crippen LogP contribution >= 0.6 is 12.6 Å². The van der Waals surface area contributed by atoms with Crippen molar-refractivity contribution in [3.63, 3.8) is 0 Å². The van der Waals surface area contributed by atoms with Crippen LogP contribution in [0.1, 0.15) is 16.7 Å². The Morgan fingerprint density at radius 2 is 1.09 bits per heavy atom. The fourth-order valence-electron chi connectivity index (χ4n) is 4.05. The van der Waals surface area contributed by atoms with Crippen LogP contribution in [-0.2, 0) is 48.3 Å². The first-order chi connectivity index (χ1) is 17.2. The molecule has 184 valence electrons. The Bertz CT molecular complexity index is 1030. The second-order valence-electron chi connectivity index (χ2n) is 8.28. The average molecular weight is 495 g/mol. The average Bonchev–Trinajstić information content (AvgIpc) is 2.91. The molecule has 0 bridgehead atoms. The van der Waals surface area contributed by atoms with E-state index in [1.807, 2.05) is 91.0 Å². The monoisotopic (exact) mass is 494 g/mol. The largest absolute Gasteiger partial charge is 0.368 e. The Kier molecular flexibility index (Phi) is 9.48. The Labute approximate surface area is 211 Å². The lowest BCUT2D eigenvalue weighted by Gasteiger charge is -2.44. The molecule has 0 radical (unpaired) electrons. The molecule has 5 atom stereocenters. The van der Waals surface area contributed by atoms with E-state index in [1.165, 1.54) is 7.11 Å².